The third-order valence-corrected chi connectivity index (χ3v) is 3.13. The maximum atomic E-state index is 12.5. The highest BCUT2D eigenvalue weighted by Crippen LogP contribution is 2.28. The van der Waals surface area contributed by atoms with E-state index in [4.69, 9.17) is 26.8 Å². The Morgan fingerprint density at radius 3 is 2.30 bits per heavy atom. The molecule has 0 saturated carbocycles. The number of methoxy groups -OCH3 is 2. The number of ketones is 1. The van der Waals surface area contributed by atoms with Crippen LogP contribution >= 0.6 is 11.6 Å². The van der Waals surface area contributed by atoms with Crippen molar-refractivity contribution in [2.75, 3.05) is 20.0 Å². The van der Waals surface area contributed by atoms with Crippen molar-refractivity contribution < 1.29 is 14.3 Å². The molecule has 0 aliphatic rings. The summed E-state index contributed by atoms with van der Waals surface area (Å²) in [4.78, 5) is 12.5. The van der Waals surface area contributed by atoms with Crippen molar-refractivity contribution in [3.05, 3.63) is 52.5 Å². The predicted molar refractivity (Wildman–Crippen MR) is 78.8 cm³/mol. The average molecular weight is 292 g/mol. The van der Waals surface area contributed by atoms with Crippen molar-refractivity contribution >= 4 is 23.1 Å². The van der Waals surface area contributed by atoms with Gasteiger partial charge in [0.1, 0.15) is 11.5 Å². The Hall–Kier alpha value is -2.20. The van der Waals surface area contributed by atoms with E-state index in [1.807, 2.05) is 0 Å². The van der Waals surface area contributed by atoms with Crippen LogP contribution in [-0.4, -0.2) is 20.0 Å². The number of ether oxygens (including phenoxy) is 2. The van der Waals surface area contributed by atoms with E-state index in [0.29, 0.717) is 33.3 Å². The molecule has 0 spiro atoms. The zero-order valence-corrected chi connectivity index (χ0v) is 11.9. The second-order valence-corrected chi connectivity index (χ2v) is 4.57. The second-order valence-electron chi connectivity index (χ2n) is 4.13. The molecule has 20 heavy (non-hydrogen) atoms. The summed E-state index contributed by atoms with van der Waals surface area (Å²) in [6, 6.07) is 9.77. The molecule has 5 heteroatoms. The largest absolute Gasteiger partial charge is 0.496 e. The number of carbonyl (C=O) groups excluding carboxylic acids is 1. The number of anilines is 1. The molecule has 4 nitrogen and oxygen atoms in total. The Kier molecular flexibility index (Phi) is 4.15. The number of nitrogen functional groups attached to an aromatic ring is 1. The van der Waals surface area contributed by atoms with Gasteiger partial charge >= 0.3 is 0 Å². The van der Waals surface area contributed by atoms with Crippen LogP contribution in [0.4, 0.5) is 5.69 Å². The van der Waals surface area contributed by atoms with Gasteiger partial charge in [-0.05, 0) is 36.4 Å². The predicted octanol–water partition coefficient (Wildman–Crippen LogP) is 3.17. The zero-order valence-electron chi connectivity index (χ0n) is 11.1. The van der Waals surface area contributed by atoms with Gasteiger partial charge in [-0.15, -0.1) is 0 Å². The summed E-state index contributed by atoms with van der Waals surface area (Å²) in [5, 5.41) is 0.468. The summed E-state index contributed by atoms with van der Waals surface area (Å²) in [6.45, 7) is 0. The summed E-state index contributed by atoms with van der Waals surface area (Å²) in [6.07, 6.45) is 0. The number of halogens is 1. The van der Waals surface area contributed by atoms with Crippen LogP contribution in [0.3, 0.4) is 0 Å². The van der Waals surface area contributed by atoms with Gasteiger partial charge in [-0.25, -0.2) is 0 Å². The van der Waals surface area contributed by atoms with E-state index in [0.717, 1.165) is 0 Å². The van der Waals surface area contributed by atoms with Crippen molar-refractivity contribution in [2.45, 2.75) is 0 Å². The number of benzene rings is 2. The van der Waals surface area contributed by atoms with Crippen molar-refractivity contribution in [3.8, 4) is 11.5 Å². The van der Waals surface area contributed by atoms with Crippen LogP contribution in [0.1, 0.15) is 15.9 Å². The summed E-state index contributed by atoms with van der Waals surface area (Å²) in [5.74, 6) is 0.784. The lowest BCUT2D eigenvalue weighted by Gasteiger charge is -2.10. The zero-order chi connectivity index (χ0) is 14.7. The van der Waals surface area contributed by atoms with Gasteiger partial charge in [0.05, 0.1) is 25.5 Å². The van der Waals surface area contributed by atoms with Crippen LogP contribution in [0, 0.1) is 0 Å². The van der Waals surface area contributed by atoms with Crippen LogP contribution in [0.15, 0.2) is 36.4 Å². The van der Waals surface area contributed by atoms with Gasteiger partial charge in [-0.2, -0.15) is 0 Å². The van der Waals surface area contributed by atoms with E-state index in [9.17, 15) is 4.79 Å². The maximum Gasteiger partial charge on any atom is 0.196 e. The quantitative estimate of drug-likeness (QED) is 0.694. The van der Waals surface area contributed by atoms with Crippen LogP contribution in [0.25, 0.3) is 0 Å². The monoisotopic (exact) mass is 291 g/mol. The number of hydrogen-bond acceptors (Lipinski definition) is 4. The minimum atomic E-state index is -0.210. The molecule has 0 unspecified atom stereocenters. The molecule has 0 amide bonds. The van der Waals surface area contributed by atoms with E-state index in [2.05, 4.69) is 0 Å². The minimum Gasteiger partial charge on any atom is -0.496 e. The number of nitrogens with two attached hydrogens (primary N) is 1. The Labute approximate surface area is 122 Å². The topological polar surface area (TPSA) is 61.5 Å². The van der Waals surface area contributed by atoms with E-state index in [1.165, 1.54) is 14.2 Å². The maximum absolute atomic E-state index is 12.5. The molecular weight excluding hydrogens is 278 g/mol. The first-order chi connectivity index (χ1) is 9.56. The lowest BCUT2D eigenvalue weighted by Crippen LogP contribution is -2.05. The van der Waals surface area contributed by atoms with Gasteiger partial charge in [0.15, 0.2) is 5.78 Å². The SMILES string of the molecule is COc1ccc(C(=O)c2cc(Cl)ccc2OC)cc1N. The first-order valence-corrected chi connectivity index (χ1v) is 6.26. The molecule has 0 saturated heterocycles. The molecule has 0 heterocycles. The van der Waals surface area contributed by atoms with Gasteiger partial charge in [0, 0.05) is 10.6 Å². The fourth-order valence-electron chi connectivity index (χ4n) is 1.89. The Morgan fingerprint density at radius 2 is 1.70 bits per heavy atom. The van der Waals surface area contributed by atoms with E-state index < -0.39 is 0 Å². The molecule has 2 aromatic rings. The van der Waals surface area contributed by atoms with Crippen molar-refractivity contribution in [1.29, 1.82) is 0 Å². The lowest BCUT2D eigenvalue weighted by molar-refractivity contribution is 0.103. The van der Waals surface area contributed by atoms with Gasteiger partial charge in [-0.1, -0.05) is 11.6 Å². The molecule has 2 aromatic carbocycles. The number of carbonyl (C=O) groups is 1. The van der Waals surface area contributed by atoms with E-state index in [1.54, 1.807) is 36.4 Å². The summed E-state index contributed by atoms with van der Waals surface area (Å²) >= 11 is 5.93. The van der Waals surface area contributed by atoms with Crippen LogP contribution in [0.2, 0.25) is 5.02 Å². The molecule has 2 rings (SSSR count). The first kappa shape index (κ1) is 14.2. The average Bonchev–Trinajstić information content (AvgIpc) is 2.46. The Morgan fingerprint density at radius 1 is 1.05 bits per heavy atom. The minimum absolute atomic E-state index is 0.210. The van der Waals surface area contributed by atoms with Crippen molar-refractivity contribution in [2.24, 2.45) is 0 Å². The first-order valence-electron chi connectivity index (χ1n) is 5.88. The molecule has 0 radical (unpaired) electrons. The molecule has 0 aromatic heterocycles. The molecule has 2 N–H and O–H groups in total. The Balaban J connectivity index is 2.46. The third-order valence-electron chi connectivity index (χ3n) is 2.90. The fraction of sp³-hybridized carbons (Fsp3) is 0.133. The molecule has 104 valence electrons. The highest BCUT2D eigenvalue weighted by atomic mass is 35.5. The van der Waals surface area contributed by atoms with Crippen molar-refractivity contribution in [1.82, 2.24) is 0 Å². The Bertz CT molecular complexity index is 656. The van der Waals surface area contributed by atoms with Crippen LogP contribution < -0.4 is 15.2 Å². The molecule has 0 aliphatic carbocycles. The highest BCUT2D eigenvalue weighted by molar-refractivity contribution is 6.31. The smallest absolute Gasteiger partial charge is 0.196 e. The van der Waals surface area contributed by atoms with Gasteiger partial charge in [0.2, 0.25) is 0 Å². The molecule has 0 atom stereocenters. The highest BCUT2D eigenvalue weighted by Gasteiger charge is 2.16. The standard InChI is InChI=1S/C15H14ClNO3/c1-19-13-6-4-10(16)8-11(13)15(18)9-3-5-14(20-2)12(17)7-9/h3-8H,17H2,1-2H3. The van der Waals surface area contributed by atoms with E-state index in [-0.39, 0.29) is 5.78 Å². The number of rotatable bonds is 4. The lowest BCUT2D eigenvalue weighted by atomic mass is 10.0. The summed E-state index contributed by atoms with van der Waals surface area (Å²) < 4.78 is 10.2. The third kappa shape index (κ3) is 2.70. The molecule has 0 aliphatic heterocycles. The second kappa shape index (κ2) is 5.84. The van der Waals surface area contributed by atoms with E-state index >= 15 is 0 Å². The fourth-order valence-corrected chi connectivity index (χ4v) is 2.06. The summed E-state index contributed by atoms with van der Waals surface area (Å²) in [5.41, 5.74) is 7.06. The van der Waals surface area contributed by atoms with Gasteiger partial charge < -0.3 is 15.2 Å². The number of hydrogen-bond donors (Lipinski definition) is 1. The van der Waals surface area contributed by atoms with Crippen LogP contribution in [-0.2, 0) is 0 Å². The van der Waals surface area contributed by atoms with Gasteiger partial charge in [0.25, 0.3) is 0 Å². The molecule has 0 bridgehead atoms. The molecular formula is C15H14ClNO3. The van der Waals surface area contributed by atoms with Crippen LogP contribution in [0.5, 0.6) is 11.5 Å². The molecule has 0 fully saturated rings. The van der Waals surface area contributed by atoms with Crippen molar-refractivity contribution in [3.63, 3.8) is 0 Å². The summed E-state index contributed by atoms with van der Waals surface area (Å²) in [7, 11) is 3.02. The normalized spacial score (nSPS) is 10.2. The van der Waals surface area contributed by atoms with Gasteiger partial charge in [-0.3, -0.25) is 4.79 Å².